The Morgan fingerprint density at radius 2 is 1.91 bits per heavy atom. The average Bonchev–Trinajstić information content (AvgIpc) is 2.82. The van der Waals surface area contributed by atoms with Crippen LogP contribution in [0.15, 0.2) is 30.3 Å². The predicted octanol–water partition coefficient (Wildman–Crippen LogP) is 3.68. The molecule has 1 aromatic carbocycles. The molecule has 4 nitrogen and oxygen atoms in total. The van der Waals surface area contributed by atoms with E-state index in [1.807, 2.05) is 13.0 Å². The number of aromatic nitrogens is 2. The van der Waals surface area contributed by atoms with E-state index in [-0.39, 0.29) is 12.2 Å². The average molecular weight is 313 g/mol. The molecule has 0 radical (unpaired) electrons. The largest absolute Gasteiger partial charge is 0.473 e. The minimum absolute atomic E-state index is 0.147. The van der Waals surface area contributed by atoms with Crippen molar-refractivity contribution in [1.82, 2.24) is 9.61 Å². The molecule has 0 fully saturated rings. The lowest BCUT2D eigenvalue weighted by atomic mass is 10.2. The molecule has 0 N–H and O–H groups in total. The summed E-state index contributed by atoms with van der Waals surface area (Å²) in [5.74, 6) is -1.00. The van der Waals surface area contributed by atoms with E-state index >= 15 is 0 Å². The quantitative estimate of drug-likeness (QED) is 0.741. The van der Waals surface area contributed by atoms with Crippen molar-refractivity contribution < 1.29 is 13.5 Å². The Balaban J connectivity index is 2.02. The highest BCUT2D eigenvalue weighted by molar-refractivity contribution is 5.64. The monoisotopic (exact) mass is 313 g/mol. The molecule has 3 aromatic rings. The first-order chi connectivity index (χ1) is 11.0. The number of halogens is 2. The molecule has 0 amide bonds. The summed E-state index contributed by atoms with van der Waals surface area (Å²) in [6.07, 6.45) is 0. The Hall–Kier alpha value is -2.94. The molecule has 116 valence electrons. The number of pyridine rings is 1. The summed E-state index contributed by atoms with van der Waals surface area (Å²) < 4.78 is 34.4. The van der Waals surface area contributed by atoms with Crippen molar-refractivity contribution in [2.75, 3.05) is 0 Å². The van der Waals surface area contributed by atoms with E-state index in [4.69, 9.17) is 4.74 Å². The summed E-state index contributed by atoms with van der Waals surface area (Å²) >= 11 is 0. The highest BCUT2D eigenvalue weighted by Crippen LogP contribution is 2.24. The second-order valence-corrected chi connectivity index (χ2v) is 5.23. The van der Waals surface area contributed by atoms with E-state index in [9.17, 15) is 14.0 Å². The number of benzene rings is 1. The summed E-state index contributed by atoms with van der Waals surface area (Å²) in [6, 6.07) is 9.29. The number of rotatable bonds is 3. The molecule has 0 saturated carbocycles. The van der Waals surface area contributed by atoms with Crippen molar-refractivity contribution >= 4 is 5.52 Å². The number of aryl methyl sites for hydroxylation is 2. The van der Waals surface area contributed by atoms with E-state index in [2.05, 4.69) is 11.2 Å². The Bertz CT molecular complexity index is 921. The van der Waals surface area contributed by atoms with Gasteiger partial charge in [-0.15, -0.1) is 0 Å². The van der Waals surface area contributed by atoms with Crippen LogP contribution >= 0.6 is 0 Å². The molecule has 23 heavy (non-hydrogen) atoms. The Labute approximate surface area is 131 Å². The number of ether oxygens (including phenoxy) is 1. The van der Waals surface area contributed by atoms with Crippen LogP contribution in [0.25, 0.3) is 5.52 Å². The smallest absolute Gasteiger partial charge is 0.215 e. The van der Waals surface area contributed by atoms with Crippen LogP contribution < -0.4 is 4.74 Å². The van der Waals surface area contributed by atoms with Gasteiger partial charge in [-0.3, -0.25) is 0 Å². The summed E-state index contributed by atoms with van der Waals surface area (Å²) in [5.41, 5.74) is 2.34. The highest BCUT2D eigenvalue weighted by Gasteiger charge is 2.15. The maximum absolute atomic E-state index is 13.7. The van der Waals surface area contributed by atoms with Gasteiger partial charge in [0.2, 0.25) is 5.88 Å². The zero-order valence-electron chi connectivity index (χ0n) is 12.6. The molecule has 0 saturated heterocycles. The van der Waals surface area contributed by atoms with Gasteiger partial charge in [-0.1, -0.05) is 6.07 Å². The second-order valence-electron chi connectivity index (χ2n) is 5.23. The number of nitrogens with zero attached hydrogens (tertiary/aromatic N) is 3. The van der Waals surface area contributed by atoms with E-state index < -0.39 is 11.6 Å². The Morgan fingerprint density at radius 1 is 1.22 bits per heavy atom. The van der Waals surface area contributed by atoms with Crippen LogP contribution in [-0.2, 0) is 6.61 Å². The van der Waals surface area contributed by atoms with Crippen molar-refractivity contribution in [3.8, 4) is 11.9 Å². The minimum atomic E-state index is -0.664. The van der Waals surface area contributed by atoms with Gasteiger partial charge in [-0.25, -0.2) is 8.78 Å². The van der Waals surface area contributed by atoms with E-state index in [1.54, 1.807) is 13.0 Å². The second kappa shape index (κ2) is 5.69. The first-order valence-corrected chi connectivity index (χ1v) is 6.97. The van der Waals surface area contributed by atoms with Crippen LogP contribution in [0.3, 0.4) is 0 Å². The normalized spacial score (nSPS) is 10.7. The fourth-order valence-corrected chi connectivity index (χ4v) is 2.42. The van der Waals surface area contributed by atoms with Gasteiger partial charge in [0.1, 0.15) is 29.9 Å². The summed E-state index contributed by atoms with van der Waals surface area (Å²) in [7, 11) is 0. The highest BCUT2D eigenvalue weighted by atomic mass is 19.1. The van der Waals surface area contributed by atoms with E-state index in [0.717, 1.165) is 5.56 Å². The van der Waals surface area contributed by atoms with Gasteiger partial charge >= 0.3 is 0 Å². The predicted molar refractivity (Wildman–Crippen MR) is 80.1 cm³/mol. The lowest BCUT2D eigenvalue weighted by Gasteiger charge is -2.10. The van der Waals surface area contributed by atoms with Crippen LogP contribution in [0.5, 0.6) is 5.88 Å². The van der Waals surface area contributed by atoms with Gasteiger partial charge in [0.15, 0.2) is 0 Å². The molecule has 3 rings (SSSR count). The molecule has 2 heterocycles. The fraction of sp³-hybridized carbons (Fsp3) is 0.176. The third-order valence-electron chi connectivity index (χ3n) is 3.56. The van der Waals surface area contributed by atoms with Crippen molar-refractivity contribution in [1.29, 1.82) is 5.26 Å². The molecule has 0 spiro atoms. The van der Waals surface area contributed by atoms with Crippen LogP contribution in [0.2, 0.25) is 0 Å². The molecular weight excluding hydrogens is 300 g/mol. The first-order valence-electron chi connectivity index (χ1n) is 6.97. The van der Waals surface area contributed by atoms with Crippen LogP contribution in [0.4, 0.5) is 8.78 Å². The topological polar surface area (TPSA) is 50.3 Å². The lowest BCUT2D eigenvalue weighted by molar-refractivity contribution is 0.274. The van der Waals surface area contributed by atoms with Crippen LogP contribution in [0.1, 0.15) is 22.4 Å². The van der Waals surface area contributed by atoms with E-state index in [0.29, 0.717) is 22.7 Å². The van der Waals surface area contributed by atoms with Gasteiger partial charge in [0, 0.05) is 6.07 Å². The van der Waals surface area contributed by atoms with E-state index in [1.165, 1.54) is 22.7 Å². The number of nitriles is 1. The van der Waals surface area contributed by atoms with Crippen LogP contribution in [0, 0.1) is 36.8 Å². The Morgan fingerprint density at radius 3 is 2.57 bits per heavy atom. The lowest BCUT2D eigenvalue weighted by Crippen LogP contribution is -2.05. The third kappa shape index (κ3) is 2.61. The van der Waals surface area contributed by atoms with Gasteiger partial charge in [0.25, 0.3) is 0 Å². The molecule has 6 heteroatoms. The fourth-order valence-electron chi connectivity index (χ4n) is 2.42. The number of fused-ring (bicyclic) bond motifs is 1. The molecule has 0 unspecified atom stereocenters. The van der Waals surface area contributed by atoms with Crippen molar-refractivity contribution in [2.45, 2.75) is 20.5 Å². The van der Waals surface area contributed by atoms with Crippen LogP contribution in [-0.4, -0.2) is 9.61 Å². The molecule has 0 aliphatic heterocycles. The molecule has 0 atom stereocenters. The molecule has 2 aromatic heterocycles. The van der Waals surface area contributed by atoms with Gasteiger partial charge in [0.05, 0.1) is 16.8 Å². The van der Waals surface area contributed by atoms with Crippen molar-refractivity contribution in [2.24, 2.45) is 0 Å². The molecule has 0 aliphatic rings. The first kappa shape index (κ1) is 15.0. The molecular formula is C17H13F2N3O. The maximum Gasteiger partial charge on any atom is 0.215 e. The minimum Gasteiger partial charge on any atom is -0.473 e. The number of hydrogen-bond acceptors (Lipinski definition) is 3. The van der Waals surface area contributed by atoms with Gasteiger partial charge in [-0.05, 0) is 37.6 Å². The molecule has 0 aliphatic carbocycles. The number of hydrogen-bond donors (Lipinski definition) is 0. The van der Waals surface area contributed by atoms with Crippen molar-refractivity contribution in [3.05, 3.63) is 64.4 Å². The van der Waals surface area contributed by atoms with Gasteiger partial charge in [-0.2, -0.15) is 14.9 Å². The molecule has 0 bridgehead atoms. The standard InChI is InChI=1S/C17H13F2N3O/c1-10-6-16-12(8-20)11(2)21-22(16)17(7-10)23-9-13-14(18)4-3-5-15(13)19/h3-7H,9H2,1-2H3. The zero-order valence-corrected chi connectivity index (χ0v) is 12.6. The SMILES string of the molecule is Cc1cc(OCc2c(F)cccc2F)n2nc(C)c(C#N)c2c1. The third-order valence-corrected chi connectivity index (χ3v) is 3.56. The van der Waals surface area contributed by atoms with Crippen molar-refractivity contribution in [3.63, 3.8) is 0 Å². The van der Waals surface area contributed by atoms with Gasteiger partial charge < -0.3 is 4.74 Å². The summed E-state index contributed by atoms with van der Waals surface area (Å²) in [5, 5.41) is 13.5. The Kier molecular flexibility index (Phi) is 3.70. The zero-order chi connectivity index (χ0) is 16.6. The maximum atomic E-state index is 13.7. The summed E-state index contributed by atoms with van der Waals surface area (Å²) in [6.45, 7) is 3.30. The summed E-state index contributed by atoms with van der Waals surface area (Å²) in [4.78, 5) is 0.